The van der Waals surface area contributed by atoms with E-state index in [1.807, 2.05) is 77.7 Å². The van der Waals surface area contributed by atoms with Crippen molar-refractivity contribution in [3.05, 3.63) is 107 Å². The third-order valence-corrected chi connectivity index (χ3v) is 13.0. The molecule has 14 heteroatoms. The van der Waals surface area contributed by atoms with E-state index in [2.05, 4.69) is 27.3 Å². The molecule has 3 aromatic carbocycles. The highest BCUT2D eigenvalue weighted by molar-refractivity contribution is 6.06. The summed E-state index contributed by atoms with van der Waals surface area (Å²) in [5.41, 5.74) is 11.3. The van der Waals surface area contributed by atoms with Gasteiger partial charge in [-0.2, -0.15) is 5.10 Å². The largest absolute Gasteiger partial charge is 0.457 e. The number of likely N-dealkylation sites (tertiary alicyclic amines) is 1. The van der Waals surface area contributed by atoms with Gasteiger partial charge in [0.2, 0.25) is 17.7 Å². The Kier molecular flexibility index (Phi) is 13.7. The quantitative estimate of drug-likeness (QED) is 0.0611. The number of carbonyl (C=O) groups is 5. The highest BCUT2D eigenvalue weighted by Gasteiger charge is 2.40. The minimum atomic E-state index is -0.622. The number of rotatable bonds is 17. The number of anilines is 1. The molecule has 4 aliphatic rings. The standard InChI is InChI=1S/C49H58N8O6/c1-54(28-8-3-2-7-27-51-39-15-9-14-37-38(39)32-56(49(37)62)42-23-24-43(58)52-48(42)61)29-11-18-44(59)55-30-25-33(26-31-55)40-16-10-17-41-45(47(50)60)46(53-57(40)41)34-19-21-36(22-20-34)63-35-12-5-4-6-13-35/h4-6,9,11-15,18-22,33,40,42,51H,2-3,7-8,10,16-17,23-32H2,1H3,(H2,50,60)(H,52,58,61)/b18-11+/t40-,42?/m0/s1. The Bertz CT molecular complexity index is 2330. The van der Waals surface area contributed by atoms with Crippen LogP contribution in [0.25, 0.3) is 11.3 Å². The number of para-hydroxylation sites is 1. The SMILES string of the molecule is CN(C/C=C/C(=O)N1CCC([C@@H]2CCCc3c(C(N)=O)c(-c4ccc(Oc5ccccc5)cc4)nn32)CC1)CCCCCCNc1cccc2c1CN(C1CCC(=O)NC1=O)C2=O. The molecule has 63 heavy (non-hydrogen) atoms. The average molecular weight is 855 g/mol. The number of likely N-dealkylation sites (N-methyl/N-ethyl adjacent to an activating group) is 1. The number of unbranched alkanes of at least 4 members (excludes halogenated alkanes) is 3. The van der Waals surface area contributed by atoms with Crippen molar-refractivity contribution in [2.24, 2.45) is 11.7 Å². The van der Waals surface area contributed by atoms with Crippen LogP contribution >= 0.6 is 0 Å². The van der Waals surface area contributed by atoms with Gasteiger partial charge >= 0.3 is 0 Å². The molecule has 0 aliphatic carbocycles. The summed E-state index contributed by atoms with van der Waals surface area (Å²) in [6, 6.07) is 22.4. The number of aromatic nitrogens is 2. The number of benzene rings is 3. The second kappa shape index (κ2) is 19.8. The Balaban J connectivity index is 0.742. The van der Waals surface area contributed by atoms with Crippen LogP contribution in [0.15, 0.2) is 84.9 Å². The Morgan fingerprint density at radius 3 is 2.43 bits per heavy atom. The van der Waals surface area contributed by atoms with Crippen LogP contribution in [0.5, 0.6) is 11.5 Å². The molecular formula is C49H58N8O6. The molecule has 4 N–H and O–H groups in total. The Morgan fingerprint density at radius 1 is 0.905 bits per heavy atom. The minimum Gasteiger partial charge on any atom is -0.457 e. The highest BCUT2D eigenvalue weighted by Crippen LogP contribution is 2.40. The Morgan fingerprint density at radius 2 is 1.67 bits per heavy atom. The van der Waals surface area contributed by atoms with E-state index in [0.717, 1.165) is 99.1 Å². The van der Waals surface area contributed by atoms with Crippen molar-refractivity contribution < 1.29 is 28.7 Å². The van der Waals surface area contributed by atoms with Crippen LogP contribution in [0.2, 0.25) is 0 Å². The molecule has 5 amide bonds. The number of imide groups is 1. The van der Waals surface area contributed by atoms with E-state index < -0.39 is 17.9 Å². The summed E-state index contributed by atoms with van der Waals surface area (Å²) < 4.78 is 8.05. The van der Waals surface area contributed by atoms with Gasteiger partial charge in [0.05, 0.1) is 17.3 Å². The maximum Gasteiger partial charge on any atom is 0.255 e. The van der Waals surface area contributed by atoms with E-state index in [1.165, 1.54) is 0 Å². The maximum absolute atomic E-state index is 13.2. The molecule has 0 radical (unpaired) electrons. The van der Waals surface area contributed by atoms with Crippen molar-refractivity contribution in [1.29, 1.82) is 0 Å². The van der Waals surface area contributed by atoms with Gasteiger partial charge in [-0.15, -0.1) is 0 Å². The van der Waals surface area contributed by atoms with E-state index in [-0.39, 0.29) is 30.2 Å². The second-order valence-electron chi connectivity index (χ2n) is 17.3. The zero-order valence-electron chi connectivity index (χ0n) is 36.1. The highest BCUT2D eigenvalue weighted by atomic mass is 16.5. The number of amides is 5. The first kappa shape index (κ1) is 43.4. The molecule has 4 aromatic rings. The second-order valence-corrected chi connectivity index (χ2v) is 17.3. The topological polar surface area (TPSA) is 172 Å². The fourth-order valence-corrected chi connectivity index (χ4v) is 9.66. The van der Waals surface area contributed by atoms with E-state index >= 15 is 0 Å². The molecule has 14 nitrogen and oxygen atoms in total. The Labute approximate surface area is 368 Å². The molecule has 0 saturated carbocycles. The zero-order valence-corrected chi connectivity index (χ0v) is 36.1. The molecule has 2 atom stereocenters. The molecule has 8 rings (SSSR count). The number of piperidine rings is 2. The molecule has 4 aliphatic heterocycles. The van der Waals surface area contributed by atoms with Gasteiger partial charge in [-0.05, 0) is 119 Å². The van der Waals surface area contributed by atoms with Crippen molar-refractivity contribution in [3.8, 4) is 22.8 Å². The Hall–Kier alpha value is -6.28. The van der Waals surface area contributed by atoms with Crippen molar-refractivity contribution >= 4 is 35.2 Å². The van der Waals surface area contributed by atoms with Crippen molar-refractivity contribution in [2.45, 2.75) is 89.3 Å². The first-order valence-electron chi connectivity index (χ1n) is 22.5. The van der Waals surface area contributed by atoms with Crippen LogP contribution in [-0.4, -0.2) is 99.8 Å². The van der Waals surface area contributed by atoms with Crippen LogP contribution in [0.3, 0.4) is 0 Å². The number of primary amides is 1. The first-order chi connectivity index (χ1) is 30.6. The molecule has 1 aromatic heterocycles. The van der Waals surface area contributed by atoms with Gasteiger partial charge in [0.1, 0.15) is 23.2 Å². The van der Waals surface area contributed by atoms with Gasteiger partial charge < -0.3 is 30.5 Å². The summed E-state index contributed by atoms with van der Waals surface area (Å²) in [6.07, 6.45) is 12.9. The van der Waals surface area contributed by atoms with Gasteiger partial charge in [0, 0.05) is 67.6 Å². The zero-order chi connectivity index (χ0) is 43.9. The van der Waals surface area contributed by atoms with Crippen LogP contribution in [0.4, 0.5) is 5.69 Å². The first-order valence-corrected chi connectivity index (χ1v) is 22.5. The van der Waals surface area contributed by atoms with Crippen LogP contribution in [-0.2, 0) is 27.3 Å². The summed E-state index contributed by atoms with van der Waals surface area (Å²) >= 11 is 0. The lowest BCUT2D eigenvalue weighted by Crippen LogP contribution is -2.52. The number of carbonyl (C=O) groups excluding carboxylic acids is 5. The number of ether oxygens (including phenoxy) is 1. The average Bonchev–Trinajstić information content (AvgIpc) is 3.85. The molecule has 5 heterocycles. The lowest BCUT2D eigenvalue weighted by Gasteiger charge is -2.38. The summed E-state index contributed by atoms with van der Waals surface area (Å²) in [4.78, 5) is 69.0. The van der Waals surface area contributed by atoms with Crippen LogP contribution < -0.4 is 21.1 Å². The van der Waals surface area contributed by atoms with Crippen molar-refractivity contribution in [1.82, 2.24) is 29.8 Å². The molecular weight excluding hydrogens is 797 g/mol. The van der Waals surface area contributed by atoms with E-state index in [0.29, 0.717) is 61.1 Å². The van der Waals surface area contributed by atoms with Gasteiger partial charge in [-0.25, -0.2) is 0 Å². The van der Waals surface area contributed by atoms with Gasteiger partial charge in [-0.3, -0.25) is 34.0 Å². The molecule has 0 spiro atoms. The van der Waals surface area contributed by atoms with Gasteiger partial charge in [0.25, 0.3) is 11.8 Å². The van der Waals surface area contributed by atoms with Crippen LogP contribution in [0.1, 0.15) is 102 Å². The smallest absolute Gasteiger partial charge is 0.255 e. The predicted molar refractivity (Wildman–Crippen MR) is 240 cm³/mol. The third-order valence-electron chi connectivity index (χ3n) is 13.0. The molecule has 330 valence electrons. The fourth-order valence-electron chi connectivity index (χ4n) is 9.66. The molecule has 1 unspecified atom stereocenters. The lowest BCUT2D eigenvalue weighted by atomic mass is 9.84. The molecule has 0 bridgehead atoms. The molecule has 2 fully saturated rings. The third kappa shape index (κ3) is 10.0. The van der Waals surface area contributed by atoms with E-state index in [9.17, 15) is 24.0 Å². The number of hydrogen-bond donors (Lipinski definition) is 3. The summed E-state index contributed by atoms with van der Waals surface area (Å²) in [5, 5.41) is 10.9. The maximum atomic E-state index is 13.2. The number of fused-ring (bicyclic) bond motifs is 2. The van der Waals surface area contributed by atoms with Crippen molar-refractivity contribution in [3.63, 3.8) is 0 Å². The number of nitrogens with two attached hydrogens (primary N) is 1. The summed E-state index contributed by atoms with van der Waals surface area (Å²) in [5.74, 6) is 0.522. The van der Waals surface area contributed by atoms with E-state index in [1.54, 1.807) is 17.0 Å². The number of nitrogens with zero attached hydrogens (tertiary/aromatic N) is 5. The number of nitrogens with one attached hydrogen (secondary N) is 2. The summed E-state index contributed by atoms with van der Waals surface area (Å²) in [6.45, 7) is 4.16. The predicted octanol–water partition coefficient (Wildman–Crippen LogP) is 6.48. The number of hydrogen-bond acceptors (Lipinski definition) is 9. The normalized spacial score (nSPS) is 19.0. The lowest BCUT2D eigenvalue weighted by molar-refractivity contribution is -0.137. The summed E-state index contributed by atoms with van der Waals surface area (Å²) in [7, 11) is 2.08. The molecule has 2 saturated heterocycles. The monoisotopic (exact) mass is 854 g/mol. The van der Waals surface area contributed by atoms with Crippen LogP contribution in [0, 0.1) is 5.92 Å². The minimum absolute atomic E-state index is 0.0490. The van der Waals surface area contributed by atoms with Gasteiger partial charge in [0.15, 0.2) is 0 Å². The van der Waals surface area contributed by atoms with Gasteiger partial charge in [-0.1, -0.05) is 43.2 Å². The van der Waals surface area contributed by atoms with E-state index in [4.69, 9.17) is 15.6 Å². The fraction of sp³-hybridized carbons (Fsp3) is 0.429. The van der Waals surface area contributed by atoms with Crippen molar-refractivity contribution in [2.75, 3.05) is 45.1 Å².